The summed E-state index contributed by atoms with van der Waals surface area (Å²) in [6.07, 6.45) is -12.4. The van der Waals surface area contributed by atoms with Crippen molar-refractivity contribution in [1.29, 1.82) is 0 Å². The number of ether oxygens (including phenoxy) is 1. The molecule has 1 saturated heterocycles. The van der Waals surface area contributed by atoms with Crippen molar-refractivity contribution in [3.05, 3.63) is 0 Å². The van der Waals surface area contributed by atoms with E-state index >= 15 is 0 Å². The standard InChI is InChI=1S/C13H20F6N2O2/c1-10(2)7(5-12(14,15)16)21(9(20)22)8(6-13(17,18)19)11(3,4)23-10/h7-8H,5-6H2,1-4H3,(H2,20,22). The van der Waals surface area contributed by atoms with Crippen molar-refractivity contribution < 1.29 is 35.9 Å². The summed E-state index contributed by atoms with van der Waals surface area (Å²) in [6, 6.07) is -4.64. The van der Waals surface area contributed by atoms with Gasteiger partial charge in [0.15, 0.2) is 0 Å². The Kier molecular flexibility index (Phi) is 4.93. The van der Waals surface area contributed by atoms with E-state index in [1.54, 1.807) is 0 Å². The van der Waals surface area contributed by atoms with Gasteiger partial charge in [-0.05, 0) is 27.7 Å². The topological polar surface area (TPSA) is 55.6 Å². The molecule has 1 rings (SSSR count). The number of alkyl halides is 6. The molecule has 0 bridgehead atoms. The Morgan fingerprint density at radius 3 is 1.48 bits per heavy atom. The molecule has 0 saturated carbocycles. The molecular formula is C13H20F6N2O2. The van der Waals surface area contributed by atoms with Gasteiger partial charge in [-0.15, -0.1) is 0 Å². The molecule has 1 aliphatic heterocycles. The van der Waals surface area contributed by atoms with Gasteiger partial charge in [0.05, 0.1) is 36.1 Å². The van der Waals surface area contributed by atoms with Gasteiger partial charge in [-0.2, -0.15) is 26.3 Å². The van der Waals surface area contributed by atoms with Gasteiger partial charge in [0, 0.05) is 0 Å². The predicted octanol–water partition coefficient (Wildman–Crippen LogP) is 3.60. The first-order valence-electron chi connectivity index (χ1n) is 6.88. The Hall–Kier alpha value is -1.19. The summed E-state index contributed by atoms with van der Waals surface area (Å²) in [4.78, 5) is 12.2. The lowest BCUT2D eigenvalue weighted by molar-refractivity contribution is -0.263. The van der Waals surface area contributed by atoms with E-state index in [-0.39, 0.29) is 0 Å². The Bertz CT molecular complexity index is 424. The van der Waals surface area contributed by atoms with Gasteiger partial charge >= 0.3 is 18.4 Å². The number of hydrogen-bond donors (Lipinski definition) is 1. The van der Waals surface area contributed by atoms with E-state index in [4.69, 9.17) is 10.5 Å². The normalized spacial score (nSPS) is 27.8. The van der Waals surface area contributed by atoms with Gasteiger partial charge in [-0.25, -0.2) is 4.79 Å². The molecule has 2 amide bonds. The smallest absolute Gasteiger partial charge is 0.365 e. The van der Waals surface area contributed by atoms with Gasteiger partial charge in [0.25, 0.3) is 0 Å². The number of urea groups is 1. The number of primary amides is 1. The first-order chi connectivity index (χ1) is 9.96. The van der Waals surface area contributed by atoms with Crippen molar-refractivity contribution in [2.75, 3.05) is 0 Å². The summed E-state index contributed by atoms with van der Waals surface area (Å²) in [5.41, 5.74) is 2.09. The molecule has 2 unspecified atom stereocenters. The number of carbonyl (C=O) groups is 1. The van der Waals surface area contributed by atoms with E-state index < -0.39 is 54.5 Å². The number of nitrogens with two attached hydrogens (primary N) is 1. The average Bonchev–Trinajstić information content (AvgIpc) is 2.19. The Balaban J connectivity index is 3.35. The summed E-state index contributed by atoms with van der Waals surface area (Å²) in [5, 5.41) is 0. The van der Waals surface area contributed by atoms with Crippen molar-refractivity contribution in [2.24, 2.45) is 5.73 Å². The van der Waals surface area contributed by atoms with E-state index in [2.05, 4.69) is 0 Å². The fourth-order valence-corrected chi connectivity index (χ4v) is 3.14. The van der Waals surface area contributed by atoms with Gasteiger partial charge in [0.1, 0.15) is 0 Å². The van der Waals surface area contributed by atoms with Crippen LogP contribution in [0.15, 0.2) is 0 Å². The highest BCUT2D eigenvalue weighted by Gasteiger charge is 2.57. The molecule has 1 fully saturated rings. The molecule has 136 valence electrons. The van der Waals surface area contributed by atoms with Crippen LogP contribution in [0.1, 0.15) is 40.5 Å². The number of amides is 2. The number of nitrogens with zero attached hydrogens (tertiary/aromatic N) is 1. The maximum atomic E-state index is 12.8. The number of rotatable bonds is 2. The van der Waals surface area contributed by atoms with Crippen molar-refractivity contribution in [3.63, 3.8) is 0 Å². The Labute approximate surface area is 129 Å². The van der Waals surface area contributed by atoms with Crippen LogP contribution in [-0.4, -0.2) is 46.6 Å². The number of hydrogen-bond acceptors (Lipinski definition) is 2. The zero-order chi connectivity index (χ0) is 18.4. The van der Waals surface area contributed by atoms with Crippen LogP contribution in [0.5, 0.6) is 0 Å². The molecule has 1 heterocycles. The van der Waals surface area contributed by atoms with Crippen molar-refractivity contribution >= 4 is 6.03 Å². The highest BCUT2D eigenvalue weighted by Crippen LogP contribution is 2.44. The average molecular weight is 350 g/mol. The second-order valence-electron chi connectivity index (χ2n) is 6.72. The maximum Gasteiger partial charge on any atom is 0.391 e. The molecule has 23 heavy (non-hydrogen) atoms. The lowest BCUT2D eigenvalue weighted by Crippen LogP contribution is -2.71. The van der Waals surface area contributed by atoms with Crippen LogP contribution in [-0.2, 0) is 4.74 Å². The molecular weight excluding hydrogens is 330 g/mol. The van der Waals surface area contributed by atoms with Crippen LogP contribution in [0.3, 0.4) is 0 Å². The van der Waals surface area contributed by atoms with Crippen LogP contribution in [0.4, 0.5) is 31.1 Å². The molecule has 0 aliphatic carbocycles. The lowest BCUT2D eigenvalue weighted by atomic mass is 9.82. The van der Waals surface area contributed by atoms with E-state index in [1.165, 1.54) is 27.7 Å². The zero-order valence-electron chi connectivity index (χ0n) is 13.2. The molecule has 10 heteroatoms. The molecule has 0 spiro atoms. The third-order valence-corrected chi connectivity index (χ3v) is 3.91. The molecule has 0 aromatic rings. The molecule has 2 N–H and O–H groups in total. The molecule has 1 aliphatic rings. The predicted molar refractivity (Wildman–Crippen MR) is 69.6 cm³/mol. The van der Waals surface area contributed by atoms with Crippen molar-refractivity contribution in [1.82, 2.24) is 4.90 Å². The summed E-state index contributed by atoms with van der Waals surface area (Å²) in [5.74, 6) is 0. The van der Waals surface area contributed by atoms with Gasteiger partial charge in [-0.3, -0.25) is 0 Å². The second kappa shape index (κ2) is 5.71. The number of carbonyl (C=O) groups excluding carboxylic acids is 1. The van der Waals surface area contributed by atoms with Gasteiger partial charge in [0.2, 0.25) is 0 Å². The van der Waals surface area contributed by atoms with Crippen LogP contribution in [0, 0.1) is 0 Å². The Morgan fingerprint density at radius 2 is 1.26 bits per heavy atom. The van der Waals surface area contributed by atoms with Crippen LogP contribution in [0.25, 0.3) is 0 Å². The van der Waals surface area contributed by atoms with E-state index in [1.807, 2.05) is 0 Å². The maximum absolute atomic E-state index is 12.8. The molecule has 0 aromatic heterocycles. The summed E-state index contributed by atoms with van der Waals surface area (Å²) < 4.78 is 82.4. The lowest BCUT2D eigenvalue weighted by Gasteiger charge is -2.57. The highest BCUT2D eigenvalue weighted by atomic mass is 19.4. The molecule has 2 atom stereocenters. The fraction of sp³-hybridized carbons (Fsp3) is 0.923. The number of halogens is 6. The van der Waals surface area contributed by atoms with E-state index in [0.29, 0.717) is 4.90 Å². The molecule has 0 aromatic carbocycles. The van der Waals surface area contributed by atoms with Crippen molar-refractivity contribution in [2.45, 2.75) is 76.2 Å². The van der Waals surface area contributed by atoms with Crippen molar-refractivity contribution in [3.8, 4) is 0 Å². The summed E-state index contributed by atoms with van der Waals surface area (Å²) >= 11 is 0. The fourth-order valence-electron chi connectivity index (χ4n) is 3.14. The zero-order valence-corrected chi connectivity index (χ0v) is 13.2. The minimum Gasteiger partial charge on any atom is -0.365 e. The van der Waals surface area contributed by atoms with Gasteiger partial charge in [-0.1, -0.05) is 0 Å². The molecule has 4 nitrogen and oxygen atoms in total. The minimum absolute atomic E-state index is 0.477. The number of morpholine rings is 1. The Morgan fingerprint density at radius 1 is 0.957 bits per heavy atom. The minimum atomic E-state index is -4.69. The van der Waals surface area contributed by atoms with E-state index in [9.17, 15) is 31.1 Å². The monoisotopic (exact) mass is 350 g/mol. The summed E-state index contributed by atoms with van der Waals surface area (Å²) in [6.45, 7) is 5.19. The summed E-state index contributed by atoms with van der Waals surface area (Å²) in [7, 11) is 0. The molecule has 0 radical (unpaired) electrons. The highest BCUT2D eigenvalue weighted by molar-refractivity contribution is 5.73. The SMILES string of the molecule is CC1(C)OC(C)(C)C(CC(F)(F)F)N(C(N)=O)C1CC(F)(F)F. The van der Waals surface area contributed by atoms with Crippen LogP contribution >= 0.6 is 0 Å². The van der Waals surface area contributed by atoms with E-state index in [0.717, 1.165) is 0 Å². The quantitative estimate of drug-likeness (QED) is 0.774. The largest absolute Gasteiger partial charge is 0.391 e. The second-order valence-corrected chi connectivity index (χ2v) is 6.72. The third kappa shape index (κ3) is 4.89. The van der Waals surface area contributed by atoms with Crippen LogP contribution in [0.2, 0.25) is 0 Å². The first-order valence-corrected chi connectivity index (χ1v) is 6.88. The third-order valence-electron chi connectivity index (χ3n) is 3.91. The first kappa shape index (κ1) is 19.9. The van der Waals surface area contributed by atoms with Gasteiger partial charge < -0.3 is 15.4 Å². The van der Waals surface area contributed by atoms with Crippen LogP contribution < -0.4 is 5.73 Å².